The number of nitrogen functional groups attached to an aromatic ring is 2. The van der Waals surface area contributed by atoms with Gasteiger partial charge in [-0.1, -0.05) is 0 Å². The fraction of sp³-hybridized carbons (Fsp3) is 0.500. The summed E-state index contributed by atoms with van der Waals surface area (Å²) in [4.78, 5) is 2.29. The Kier molecular flexibility index (Phi) is 2.92. The average molecular weight is 221 g/mol. The van der Waals surface area contributed by atoms with Crippen molar-refractivity contribution in [1.29, 1.82) is 0 Å². The summed E-state index contributed by atoms with van der Waals surface area (Å²) < 4.78 is 5.69. The monoisotopic (exact) mass is 221 g/mol. The van der Waals surface area contributed by atoms with Gasteiger partial charge in [0.2, 0.25) is 0 Å². The van der Waals surface area contributed by atoms with Crippen molar-refractivity contribution in [3.8, 4) is 0 Å². The van der Waals surface area contributed by atoms with Gasteiger partial charge in [-0.2, -0.15) is 0 Å². The Morgan fingerprint density at radius 3 is 2.31 bits per heavy atom. The summed E-state index contributed by atoms with van der Waals surface area (Å²) in [6.45, 7) is 5.97. The normalized spacial score (nSPS) is 25.8. The highest BCUT2D eigenvalue weighted by molar-refractivity contribution is 5.69. The van der Waals surface area contributed by atoms with E-state index in [-0.39, 0.29) is 12.2 Å². The van der Waals surface area contributed by atoms with Gasteiger partial charge in [0.05, 0.1) is 23.6 Å². The van der Waals surface area contributed by atoms with E-state index >= 15 is 0 Å². The SMILES string of the molecule is C[C@@H]1CN(c2ccc(N)c(N)c2)C[C@H](C)O1. The van der Waals surface area contributed by atoms with Crippen LogP contribution in [0, 0.1) is 0 Å². The Morgan fingerprint density at radius 1 is 1.12 bits per heavy atom. The van der Waals surface area contributed by atoms with Crippen molar-refractivity contribution in [2.45, 2.75) is 26.1 Å². The summed E-state index contributed by atoms with van der Waals surface area (Å²) in [5, 5.41) is 0. The number of hydrogen-bond donors (Lipinski definition) is 2. The molecule has 16 heavy (non-hydrogen) atoms. The fourth-order valence-corrected chi connectivity index (χ4v) is 2.15. The van der Waals surface area contributed by atoms with Gasteiger partial charge < -0.3 is 21.1 Å². The van der Waals surface area contributed by atoms with Crippen molar-refractivity contribution < 1.29 is 4.74 Å². The second-order valence-corrected chi connectivity index (χ2v) is 4.48. The lowest BCUT2D eigenvalue weighted by molar-refractivity contribution is -0.00521. The predicted octanol–water partition coefficient (Wildman–Crippen LogP) is 1.46. The highest BCUT2D eigenvalue weighted by Crippen LogP contribution is 2.25. The molecular weight excluding hydrogens is 202 g/mol. The Bertz CT molecular complexity index is 371. The van der Waals surface area contributed by atoms with E-state index in [2.05, 4.69) is 18.7 Å². The number of morpholine rings is 1. The standard InChI is InChI=1S/C12H19N3O/c1-8-6-15(7-9(2)16-8)10-3-4-11(13)12(14)5-10/h3-5,8-9H,6-7,13-14H2,1-2H3/t8-,9+. The highest BCUT2D eigenvalue weighted by atomic mass is 16.5. The lowest BCUT2D eigenvalue weighted by Crippen LogP contribution is -2.45. The van der Waals surface area contributed by atoms with Crippen LogP contribution in [0.1, 0.15) is 13.8 Å². The third kappa shape index (κ3) is 2.22. The number of anilines is 3. The maximum atomic E-state index is 5.81. The molecule has 4 heteroatoms. The zero-order valence-corrected chi connectivity index (χ0v) is 9.81. The molecule has 4 nitrogen and oxygen atoms in total. The largest absolute Gasteiger partial charge is 0.397 e. The number of ether oxygens (including phenoxy) is 1. The average Bonchev–Trinajstić information content (AvgIpc) is 2.20. The van der Waals surface area contributed by atoms with Crippen molar-refractivity contribution in [2.24, 2.45) is 0 Å². The number of rotatable bonds is 1. The van der Waals surface area contributed by atoms with E-state index in [9.17, 15) is 0 Å². The molecule has 1 heterocycles. The van der Waals surface area contributed by atoms with Crippen molar-refractivity contribution >= 4 is 17.1 Å². The minimum Gasteiger partial charge on any atom is -0.397 e. The lowest BCUT2D eigenvalue weighted by Gasteiger charge is -2.37. The van der Waals surface area contributed by atoms with E-state index in [1.54, 1.807) is 0 Å². The van der Waals surface area contributed by atoms with Crippen LogP contribution in [0.25, 0.3) is 0 Å². The molecule has 0 radical (unpaired) electrons. The molecule has 4 N–H and O–H groups in total. The molecule has 2 rings (SSSR count). The molecule has 1 aromatic carbocycles. The molecule has 88 valence electrons. The van der Waals surface area contributed by atoms with Crippen LogP contribution in [0.3, 0.4) is 0 Å². The van der Waals surface area contributed by atoms with Gasteiger partial charge >= 0.3 is 0 Å². The van der Waals surface area contributed by atoms with Crippen LogP contribution >= 0.6 is 0 Å². The fourth-order valence-electron chi connectivity index (χ4n) is 2.15. The summed E-state index contributed by atoms with van der Waals surface area (Å²) in [5.74, 6) is 0. The van der Waals surface area contributed by atoms with Gasteiger partial charge in [-0.15, -0.1) is 0 Å². The maximum Gasteiger partial charge on any atom is 0.0726 e. The number of nitrogens with two attached hydrogens (primary N) is 2. The van der Waals surface area contributed by atoms with Crippen LogP contribution < -0.4 is 16.4 Å². The topological polar surface area (TPSA) is 64.5 Å². The van der Waals surface area contributed by atoms with Crippen molar-refractivity contribution in [1.82, 2.24) is 0 Å². The zero-order chi connectivity index (χ0) is 11.7. The first kappa shape index (κ1) is 11.1. The van der Waals surface area contributed by atoms with E-state index in [0.717, 1.165) is 18.8 Å². The van der Waals surface area contributed by atoms with E-state index < -0.39 is 0 Å². The Morgan fingerprint density at radius 2 is 1.75 bits per heavy atom. The minimum atomic E-state index is 0.252. The van der Waals surface area contributed by atoms with Gasteiger partial charge in [0.1, 0.15) is 0 Å². The van der Waals surface area contributed by atoms with Gasteiger partial charge in [0, 0.05) is 18.8 Å². The number of nitrogens with zero attached hydrogens (tertiary/aromatic N) is 1. The van der Waals surface area contributed by atoms with Crippen molar-refractivity contribution in [2.75, 3.05) is 29.5 Å². The van der Waals surface area contributed by atoms with Crippen molar-refractivity contribution in [3.05, 3.63) is 18.2 Å². The quantitative estimate of drug-likeness (QED) is 0.705. The van der Waals surface area contributed by atoms with Crippen LogP contribution in [0.15, 0.2) is 18.2 Å². The van der Waals surface area contributed by atoms with Gasteiger partial charge in [-0.3, -0.25) is 0 Å². The second kappa shape index (κ2) is 4.22. The molecule has 1 saturated heterocycles. The van der Waals surface area contributed by atoms with E-state index in [1.165, 1.54) is 0 Å². The molecule has 0 amide bonds. The molecular formula is C12H19N3O. The van der Waals surface area contributed by atoms with E-state index in [1.807, 2.05) is 18.2 Å². The molecule has 0 unspecified atom stereocenters. The molecule has 0 aromatic heterocycles. The summed E-state index contributed by atoms with van der Waals surface area (Å²) in [5.41, 5.74) is 13.9. The molecule has 1 aliphatic rings. The van der Waals surface area contributed by atoms with Gasteiger partial charge in [0.15, 0.2) is 0 Å². The number of hydrogen-bond acceptors (Lipinski definition) is 4. The Labute approximate surface area is 96.2 Å². The third-order valence-electron chi connectivity index (χ3n) is 2.86. The van der Waals surface area contributed by atoms with Crippen LogP contribution in [0.2, 0.25) is 0 Å². The Hall–Kier alpha value is -1.42. The maximum absolute atomic E-state index is 5.81. The molecule has 1 fully saturated rings. The molecule has 1 aromatic rings. The molecule has 0 aliphatic carbocycles. The first-order chi connectivity index (χ1) is 7.56. The summed E-state index contributed by atoms with van der Waals surface area (Å²) >= 11 is 0. The number of benzene rings is 1. The van der Waals surface area contributed by atoms with Crippen LogP contribution in [-0.4, -0.2) is 25.3 Å². The second-order valence-electron chi connectivity index (χ2n) is 4.48. The first-order valence-electron chi connectivity index (χ1n) is 5.61. The minimum absolute atomic E-state index is 0.252. The molecule has 0 saturated carbocycles. The van der Waals surface area contributed by atoms with Gasteiger partial charge in [-0.25, -0.2) is 0 Å². The van der Waals surface area contributed by atoms with Gasteiger partial charge in [0.25, 0.3) is 0 Å². The summed E-state index contributed by atoms with van der Waals surface area (Å²) in [7, 11) is 0. The molecule has 1 aliphatic heterocycles. The summed E-state index contributed by atoms with van der Waals surface area (Å²) in [6.07, 6.45) is 0.505. The lowest BCUT2D eigenvalue weighted by atomic mass is 10.1. The first-order valence-corrected chi connectivity index (χ1v) is 5.61. The van der Waals surface area contributed by atoms with Crippen LogP contribution in [0.5, 0.6) is 0 Å². The van der Waals surface area contributed by atoms with Crippen LogP contribution in [-0.2, 0) is 4.74 Å². The smallest absolute Gasteiger partial charge is 0.0726 e. The predicted molar refractivity (Wildman–Crippen MR) is 67.5 cm³/mol. The van der Waals surface area contributed by atoms with E-state index in [0.29, 0.717) is 11.4 Å². The third-order valence-corrected chi connectivity index (χ3v) is 2.86. The van der Waals surface area contributed by atoms with Gasteiger partial charge in [-0.05, 0) is 32.0 Å². The zero-order valence-electron chi connectivity index (χ0n) is 9.81. The molecule has 0 bridgehead atoms. The molecule has 0 spiro atoms. The van der Waals surface area contributed by atoms with Crippen molar-refractivity contribution in [3.63, 3.8) is 0 Å². The summed E-state index contributed by atoms with van der Waals surface area (Å²) in [6, 6.07) is 5.80. The van der Waals surface area contributed by atoms with Crippen LogP contribution in [0.4, 0.5) is 17.1 Å². The highest BCUT2D eigenvalue weighted by Gasteiger charge is 2.22. The van der Waals surface area contributed by atoms with E-state index in [4.69, 9.17) is 16.2 Å². The Balaban J connectivity index is 2.19. The molecule has 2 atom stereocenters.